The summed E-state index contributed by atoms with van der Waals surface area (Å²) in [7, 11) is 0. The van der Waals surface area contributed by atoms with Gasteiger partial charge in [0.05, 0.1) is 0 Å². The lowest BCUT2D eigenvalue weighted by Crippen LogP contribution is -2.01. The fraction of sp³-hybridized carbons (Fsp3) is 0.308. The molecule has 78 valence electrons. The monoisotopic (exact) mass is 202 g/mol. The molecule has 0 heterocycles. The predicted molar refractivity (Wildman–Crippen MR) is 58.9 cm³/mol. The SMILES string of the molecule is CCCC#CC(=O)OCc1ccccc1. The first-order valence-electron chi connectivity index (χ1n) is 5.02. The van der Waals surface area contributed by atoms with Crippen molar-refractivity contribution < 1.29 is 9.53 Å². The van der Waals surface area contributed by atoms with E-state index in [2.05, 4.69) is 11.8 Å². The number of ether oxygens (including phenoxy) is 1. The van der Waals surface area contributed by atoms with E-state index < -0.39 is 5.97 Å². The first kappa shape index (κ1) is 11.3. The normalized spacial score (nSPS) is 8.87. The van der Waals surface area contributed by atoms with E-state index >= 15 is 0 Å². The summed E-state index contributed by atoms with van der Waals surface area (Å²) in [5, 5.41) is 0. The van der Waals surface area contributed by atoms with Crippen LogP contribution in [-0.2, 0) is 16.1 Å². The van der Waals surface area contributed by atoms with Crippen LogP contribution < -0.4 is 0 Å². The Morgan fingerprint density at radius 1 is 1.33 bits per heavy atom. The van der Waals surface area contributed by atoms with Crippen molar-refractivity contribution in [3.8, 4) is 11.8 Å². The standard InChI is InChI=1S/C13H14O2/c1-2-3-5-10-13(14)15-11-12-8-6-4-7-9-12/h4,6-9H,2-3,11H2,1H3. The third kappa shape index (κ3) is 4.87. The van der Waals surface area contributed by atoms with Crippen LogP contribution >= 0.6 is 0 Å². The van der Waals surface area contributed by atoms with Gasteiger partial charge >= 0.3 is 5.97 Å². The summed E-state index contributed by atoms with van der Waals surface area (Å²) in [6.45, 7) is 2.31. The van der Waals surface area contributed by atoms with E-state index in [0.717, 1.165) is 18.4 Å². The first-order chi connectivity index (χ1) is 7.33. The van der Waals surface area contributed by atoms with Gasteiger partial charge in [-0.05, 0) is 12.0 Å². The van der Waals surface area contributed by atoms with Crippen LogP contribution in [0.25, 0.3) is 0 Å². The first-order valence-corrected chi connectivity index (χ1v) is 5.02. The number of carbonyl (C=O) groups is 1. The molecule has 15 heavy (non-hydrogen) atoms. The van der Waals surface area contributed by atoms with Crippen molar-refractivity contribution in [3.63, 3.8) is 0 Å². The van der Waals surface area contributed by atoms with Gasteiger partial charge in [-0.3, -0.25) is 0 Å². The minimum Gasteiger partial charge on any atom is -0.451 e. The van der Waals surface area contributed by atoms with Gasteiger partial charge in [0.1, 0.15) is 6.61 Å². The molecule has 2 heteroatoms. The van der Waals surface area contributed by atoms with Crippen LogP contribution in [0.5, 0.6) is 0 Å². The Bertz CT molecular complexity index is 357. The number of unbranched alkanes of at least 4 members (excludes halogenated alkanes) is 1. The van der Waals surface area contributed by atoms with Crippen molar-refractivity contribution in [2.24, 2.45) is 0 Å². The average Bonchev–Trinajstić information content (AvgIpc) is 2.28. The lowest BCUT2D eigenvalue weighted by molar-refractivity contribution is -0.137. The summed E-state index contributed by atoms with van der Waals surface area (Å²) in [5.74, 6) is 4.74. The Morgan fingerprint density at radius 2 is 2.07 bits per heavy atom. The van der Waals surface area contributed by atoms with Gasteiger partial charge in [0.2, 0.25) is 0 Å². The van der Waals surface area contributed by atoms with Gasteiger partial charge in [0.25, 0.3) is 0 Å². The summed E-state index contributed by atoms with van der Waals surface area (Å²) >= 11 is 0. The quantitative estimate of drug-likeness (QED) is 0.427. The van der Waals surface area contributed by atoms with E-state index in [9.17, 15) is 4.79 Å². The van der Waals surface area contributed by atoms with E-state index in [0.29, 0.717) is 6.61 Å². The summed E-state index contributed by atoms with van der Waals surface area (Å²) in [6.07, 6.45) is 1.69. The molecule has 2 nitrogen and oxygen atoms in total. The number of carbonyl (C=O) groups excluding carboxylic acids is 1. The van der Waals surface area contributed by atoms with Crippen LogP contribution in [0, 0.1) is 11.8 Å². The van der Waals surface area contributed by atoms with Crippen LogP contribution in [0.3, 0.4) is 0 Å². The van der Waals surface area contributed by atoms with Crippen molar-refractivity contribution in [1.29, 1.82) is 0 Å². The van der Waals surface area contributed by atoms with Crippen molar-refractivity contribution >= 4 is 5.97 Å². The summed E-state index contributed by atoms with van der Waals surface area (Å²) in [5.41, 5.74) is 0.975. The summed E-state index contributed by atoms with van der Waals surface area (Å²) < 4.78 is 4.96. The number of esters is 1. The molecular formula is C13H14O2. The van der Waals surface area contributed by atoms with E-state index in [4.69, 9.17) is 4.74 Å². The van der Waals surface area contributed by atoms with Gasteiger partial charge in [0.15, 0.2) is 0 Å². The second kappa shape index (κ2) is 6.67. The Morgan fingerprint density at radius 3 is 2.73 bits per heavy atom. The van der Waals surface area contributed by atoms with Crippen molar-refractivity contribution in [3.05, 3.63) is 35.9 Å². The van der Waals surface area contributed by atoms with Gasteiger partial charge in [-0.25, -0.2) is 4.79 Å². The Hall–Kier alpha value is -1.75. The largest absolute Gasteiger partial charge is 0.451 e. The van der Waals surface area contributed by atoms with Crippen molar-refractivity contribution in [1.82, 2.24) is 0 Å². The molecule has 0 spiro atoms. The molecule has 0 saturated carbocycles. The highest BCUT2D eigenvalue weighted by Gasteiger charge is 1.97. The number of rotatable bonds is 3. The average molecular weight is 202 g/mol. The Labute approximate surface area is 90.3 Å². The van der Waals surface area contributed by atoms with Crippen molar-refractivity contribution in [2.45, 2.75) is 26.4 Å². The fourth-order valence-electron chi connectivity index (χ4n) is 1.02. The number of hydrogen-bond donors (Lipinski definition) is 0. The van der Waals surface area contributed by atoms with E-state index in [1.54, 1.807) is 0 Å². The maximum atomic E-state index is 11.1. The second-order valence-electron chi connectivity index (χ2n) is 3.11. The van der Waals surface area contributed by atoms with E-state index in [1.165, 1.54) is 0 Å². The van der Waals surface area contributed by atoms with E-state index in [1.807, 2.05) is 37.3 Å². The maximum absolute atomic E-state index is 11.1. The molecule has 0 fully saturated rings. The molecule has 1 rings (SSSR count). The van der Waals surface area contributed by atoms with Gasteiger partial charge in [-0.1, -0.05) is 43.2 Å². The third-order valence-electron chi connectivity index (χ3n) is 1.78. The molecule has 0 aromatic heterocycles. The van der Waals surface area contributed by atoms with Crippen LogP contribution in [0.2, 0.25) is 0 Å². The lowest BCUT2D eigenvalue weighted by Gasteiger charge is -1.99. The molecule has 0 amide bonds. The molecule has 1 aromatic rings. The van der Waals surface area contributed by atoms with Crippen LogP contribution in [0.1, 0.15) is 25.3 Å². The molecule has 1 aromatic carbocycles. The van der Waals surface area contributed by atoms with Crippen molar-refractivity contribution in [2.75, 3.05) is 0 Å². The maximum Gasteiger partial charge on any atom is 0.384 e. The highest BCUT2D eigenvalue weighted by molar-refractivity contribution is 5.88. The molecule has 0 bridgehead atoms. The highest BCUT2D eigenvalue weighted by Crippen LogP contribution is 2.00. The highest BCUT2D eigenvalue weighted by atomic mass is 16.5. The lowest BCUT2D eigenvalue weighted by atomic mass is 10.2. The molecule has 0 saturated heterocycles. The molecule has 0 N–H and O–H groups in total. The molecule has 0 aliphatic rings. The minimum absolute atomic E-state index is 0.292. The molecule has 0 radical (unpaired) electrons. The second-order valence-corrected chi connectivity index (χ2v) is 3.11. The topological polar surface area (TPSA) is 26.3 Å². The van der Waals surface area contributed by atoms with Gasteiger partial charge in [-0.2, -0.15) is 0 Å². The fourth-order valence-corrected chi connectivity index (χ4v) is 1.02. The summed E-state index contributed by atoms with van der Waals surface area (Å²) in [4.78, 5) is 11.1. The van der Waals surface area contributed by atoms with Crippen LogP contribution in [-0.4, -0.2) is 5.97 Å². The smallest absolute Gasteiger partial charge is 0.384 e. The molecular weight excluding hydrogens is 188 g/mol. The van der Waals surface area contributed by atoms with Gasteiger partial charge in [0, 0.05) is 12.3 Å². The summed E-state index contributed by atoms with van der Waals surface area (Å²) in [6, 6.07) is 9.56. The van der Waals surface area contributed by atoms with Gasteiger partial charge in [-0.15, -0.1) is 0 Å². The molecule has 0 aliphatic carbocycles. The zero-order valence-electron chi connectivity index (χ0n) is 8.82. The molecule has 0 aliphatic heterocycles. The third-order valence-corrected chi connectivity index (χ3v) is 1.78. The Balaban J connectivity index is 2.33. The Kier molecular flexibility index (Phi) is 5.03. The van der Waals surface area contributed by atoms with E-state index in [-0.39, 0.29) is 0 Å². The molecule has 0 unspecified atom stereocenters. The number of hydrogen-bond acceptors (Lipinski definition) is 2. The van der Waals surface area contributed by atoms with Crippen LogP contribution in [0.4, 0.5) is 0 Å². The zero-order chi connectivity index (χ0) is 10.9. The predicted octanol–water partition coefficient (Wildman–Crippen LogP) is 2.53. The molecule has 0 atom stereocenters. The number of benzene rings is 1. The van der Waals surface area contributed by atoms with Gasteiger partial charge < -0.3 is 4.74 Å². The van der Waals surface area contributed by atoms with Crippen LogP contribution in [0.15, 0.2) is 30.3 Å². The zero-order valence-corrected chi connectivity index (χ0v) is 8.82. The minimum atomic E-state index is -0.452.